The lowest BCUT2D eigenvalue weighted by Crippen LogP contribution is -2.38. The molecule has 1 atom stereocenters. The van der Waals surface area contributed by atoms with Crippen LogP contribution in [-0.4, -0.2) is 19.6 Å². The molecule has 0 fully saturated rings. The molecule has 2 rings (SSSR count). The molecule has 1 aliphatic heterocycles. The molecule has 0 aromatic heterocycles. The monoisotopic (exact) mass is 180 g/mol. The Labute approximate surface area is 77.2 Å². The van der Waals surface area contributed by atoms with Gasteiger partial charge in [-0.2, -0.15) is 0 Å². The number of halogens is 1. The third kappa shape index (κ3) is 1.52. The van der Waals surface area contributed by atoms with Gasteiger partial charge in [0.05, 0.1) is 0 Å². The van der Waals surface area contributed by atoms with Crippen molar-refractivity contribution < 1.29 is 4.39 Å². The predicted molar refractivity (Wildman–Crippen MR) is 51.4 cm³/mol. The minimum Gasteiger partial charge on any atom is -0.383 e. The number of fused-ring (bicyclic) bond motifs is 1. The fourth-order valence-corrected chi connectivity index (χ4v) is 1.69. The number of rotatable bonds is 1. The number of likely N-dealkylation sites (N-methyl/N-ethyl adjacent to an activating group) is 1. The molecule has 1 aromatic rings. The van der Waals surface area contributed by atoms with Gasteiger partial charge in [0.25, 0.3) is 0 Å². The average molecular weight is 180 g/mol. The summed E-state index contributed by atoms with van der Waals surface area (Å²) < 4.78 is 13.3. The number of benzene rings is 1. The highest BCUT2D eigenvalue weighted by Gasteiger charge is 2.18. The molecule has 70 valence electrons. The van der Waals surface area contributed by atoms with Gasteiger partial charge < -0.3 is 10.6 Å². The van der Waals surface area contributed by atoms with Gasteiger partial charge in [-0.3, -0.25) is 0 Å². The smallest absolute Gasteiger partial charge is 0.128 e. The summed E-state index contributed by atoms with van der Waals surface area (Å²) in [4.78, 5) is 0. The lowest BCUT2D eigenvalue weighted by Gasteiger charge is -2.25. The van der Waals surface area contributed by atoms with Gasteiger partial charge >= 0.3 is 0 Å². The standard InChI is InChI=1S/C10H13FN2/c1-12-7-5-8-9(11)3-2-4-10(8)13-6-7/h2-4,7,12-13H,5-6H2,1H3. The van der Waals surface area contributed by atoms with E-state index in [1.807, 2.05) is 13.1 Å². The summed E-state index contributed by atoms with van der Waals surface area (Å²) in [5, 5.41) is 6.34. The molecule has 1 aromatic carbocycles. The highest BCUT2D eigenvalue weighted by molar-refractivity contribution is 5.54. The van der Waals surface area contributed by atoms with Crippen LogP contribution in [0.25, 0.3) is 0 Å². The second kappa shape index (κ2) is 3.34. The second-order valence-corrected chi connectivity index (χ2v) is 3.34. The molecule has 0 amide bonds. The van der Waals surface area contributed by atoms with Crippen molar-refractivity contribution in [3.8, 4) is 0 Å². The molecule has 2 N–H and O–H groups in total. The molecule has 0 radical (unpaired) electrons. The summed E-state index contributed by atoms with van der Waals surface area (Å²) in [6, 6.07) is 5.51. The van der Waals surface area contributed by atoms with Crippen LogP contribution in [0.2, 0.25) is 0 Å². The maximum absolute atomic E-state index is 13.3. The van der Waals surface area contributed by atoms with Gasteiger partial charge in [0.1, 0.15) is 5.82 Å². The van der Waals surface area contributed by atoms with Crippen LogP contribution < -0.4 is 10.6 Å². The van der Waals surface area contributed by atoms with Gasteiger partial charge in [-0.15, -0.1) is 0 Å². The van der Waals surface area contributed by atoms with E-state index in [2.05, 4.69) is 10.6 Å². The van der Waals surface area contributed by atoms with Gasteiger partial charge in [-0.25, -0.2) is 4.39 Å². The van der Waals surface area contributed by atoms with Crippen LogP contribution in [0, 0.1) is 5.82 Å². The van der Waals surface area contributed by atoms with Crippen molar-refractivity contribution in [2.24, 2.45) is 0 Å². The van der Waals surface area contributed by atoms with Crippen molar-refractivity contribution in [3.05, 3.63) is 29.6 Å². The van der Waals surface area contributed by atoms with Crippen LogP contribution >= 0.6 is 0 Å². The minimum absolute atomic E-state index is 0.107. The highest BCUT2D eigenvalue weighted by Crippen LogP contribution is 2.23. The normalized spacial score (nSPS) is 20.6. The molecular formula is C10H13FN2. The fraction of sp³-hybridized carbons (Fsp3) is 0.400. The summed E-state index contributed by atoms with van der Waals surface area (Å²) in [5.74, 6) is -0.107. The Balaban J connectivity index is 2.32. The van der Waals surface area contributed by atoms with E-state index < -0.39 is 0 Å². The zero-order valence-corrected chi connectivity index (χ0v) is 7.60. The first-order valence-corrected chi connectivity index (χ1v) is 4.50. The zero-order chi connectivity index (χ0) is 9.26. The molecule has 13 heavy (non-hydrogen) atoms. The lowest BCUT2D eigenvalue weighted by atomic mass is 9.99. The van der Waals surface area contributed by atoms with Crippen molar-refractivity contribution >= 4 is 5.69 Å². The molecule has 2 nitrogen and oxygen atoms in total. The Bertz CT molecular complexity index is 312. The highest BCUT2D eigenvalue weighted by atomic mass is 19.1. The molecule has 1 aliphatic rings. The Kier molecular flexibility index (Phi) is 2.19. The van der Waals surface area contributed by atoms with Crippen molar-refractivity contribution in [2.75, 3.05) is 18.9 Å². The van der Waals surface area contributed by atoms with Crippen molar-refractivity contribution in [3.63, 3.8) is 0 Å². The fourth-order valence-electron chi connectivity index (χ4n) is 1.69. The first-order chi connectivity index (χ1) is 6.31. The van der Waals surface area contributed by atoms with E-state index in [9.17, 15) is 4.39 Å². The van der Waals surface area contributed by atoms with Crippen LogP contribution in [0.1, 0.15) is 5.56 Å². The van der Waals surface area contributed by atoms with Crippen molar-refractivity contribution in [2.45, 2.75) is 12.5 Å². The van der Waals surface area contributed by atoms with E-state index in [0.717, 1.165) is 24.2 Å². The predicted octanol–water partition coefficient (Wildman–Crippen LogP) is 1.38. The molecule has 3 heteroatoms. The third-order valence-electron chi connectivity index (χ3n) is 2.52. The van der Waals surface area contributed by atoms with Gasteiger partial charge in [-0.05, 0) is 25.6 Å². The number of nitrogens with one attached hydrogen (secondary N) is 2. The SMILES string of the molecule is CNC1CNc2cccc(F)c2C1. The van der Waals surface area contributed by atoms with Gasteiger partial charge in [0.2, 0.25) is 0 Å². The Morgan fingerprint density at radius 3 is 3.15 bits per heavy atom. The Hall–Kier alpha value is -1.09. The van der Waals surface area contributed by atoms with Crippen LogP contribution in [0.4, 0.5) is 10.1 Å². The summed E-state index contributed by atoms with van der Waals surface area (Å²) in [6.45, 7) is 0.868. The molecule has 0 saturated carbocycles. The summed E-state index contributed by atoms with van der Waals surface area (Å²) >= 11 is 0. The molecule has 0 aliphatic carbocycles. The second-order valence-electron chi connectivity index (χ2n) is 3.34. The number of hydrogen-bond donors (Lipinski definition) is 2. The first-order valence-electron chi connectivity index (χ1n) is 4.50. The summed E-state index contributed by atoms with van der Waals surface area (Å²) in [7, 11) is 1.90. The molecule has 0 spiro atoms. The van der Waals surface area contributed by atoms with Crippen LogP contribution in [0.3, 0.4) is 0 Å². The van der Waals surface area contributed by atoms with Crippen LogP contribution in [0.5, 0.6) is 0 Å². The summed E-state index contributed by atoms with van der Waals surface area (Å²) in [6.07, 6.45) is 0.769. The van der Waals surface area contributed by atoms with Gasteiger partial charge in [0.15, 0.2) is 0 Å². The van der Waals surface area contributed by atoms with E-state index in [1.54, 1.807) is 6.07 Å². The maximum Gasteiger partial charge on any atom is 0.128 e. The number of anilines is 1. The van der Waals surface area contributed by atoms with Crippen molar-refractivity contribution in [1.82, 2.24) is 5.32 Å². The quantitative estimate of drug-likeness (QED) is 0.682. The Morgan fingerprint density at radius 2 is 2.38 bits per heavy atom. The van der Waals surface area contributed by atoms with E-state index in [0.29, 0.717) is 6.04 Å². The van der Waals surface area contributed by atoms with Crippen LogP contribution in [0.15, 0.2) is 18.2 Å². The Morgan fingerprint density at radius 1 is 1.54 bits per heavy atom. The lowest BCUT2D eigenvalue weighted by molar-refractivity contribution is 0.538. The van der Waals surface area contributed by atoms with Crippen molar-refractivity contribution in [1.29, 1.82) is 0 Å². The molecule has 0 bridgehead atoms. The van der Waals surface area contributed by atoms with E-state index in [4.69, 9.17) is 0 Å². The summed E-state index contributed by atoms with van der Waals surface area (Å²) in [5.41, 5.74) is 1.74. The topological polar surface area (TPSA) is 24.1 Å². The van der Waals surface area contributed by atoms with Gasteiger partial charge in [-0.1, -0.05) is 6.07 Å². The van der Waals surface area contributed by atoms with E-state index >= 15 is 0 Å². The van der Waals surface area contributed by atoms with E-state index in [-0.39, 0.29) is 5.82 Å². The molecule has 0 saturated heterocycles. The zero-order valence-electron chi connectivity index (χ0n) is 7.60. The average Bonchev–Trinajstić information content (AvgIpc) is 2.18. The number of hydrogen-bond acceptors (Lipinski definition) is 2. The third-order valence-corrected chi connectivity index (χ3v) is 2.52. The molecule has 1 unspecified atom stereocenters. The molecule has 1 heterocycles. The van der Waals surface area contributed by atoms with E-state index in [1.165, 1.54) is 6.07 Å². The van der Waals surface area contributed by atoms with Gasteiger partial charge in [0, 0.05) is 23.8 Å². The first kappa shape index (κ1) is 8.51. The largest absolute Gasteiger partial charge is 0.383 e. The maximum atomic E-state index is 13.3. The molecular weight excluding hydrogens is 167 g/mol. The minimum atomic E-state index is -0.107. The van der Waals surface area contributed by atoms with Crippen LogP contribution in [-0.2, 0) is 6.42 Å².